The number of nitrogens with zero attached hydrogens (tertiary/aromatic N) is 3. The average molecular weight is 503 g/mol. The van der Waals surface area contributed by atoms with Crippen molar-refractivity contribution in [2.24, 2.45) is 0 Å². The van der Waals surface area contributed by atoms with Crippen molar-refractivity contribution in [1.29, 1.82) is 0 Å². The smallest absolute Gasteiger partial charge is 0.227 e. The number of benzene rings is 2. The van der Waals surface area contributed by atoms with Crippen molar-refractivity contribution in [3.63, 3.8) is 0 Å². The van der Waals surface area contributed by atoms with Gasteiger partial charge in [0.25, 0.3) is 0 Å². The van der Waals surface area contributed by atoms with Gasteiger partial charge in [-0.15, -0.1) is 0 Å². The number of anilines is 2. The largest absolute Gasteiger partial charge is 0.493 e. The first-order valence-corrected chi connectivity index (χ1v) is 13.0. The van der Waals surface area contributed by atoms with Crippen molar-refractivity contribution in [2.45, 2.75) is 25.7 Å². The maximum absolute atomic E-state index is 6.15. The Morgan fingerprint density at radius 2 is 1.68 bits per heavy atom. The molecule has 1 N–H and O–H groups in total. The first kappa shape index (κ1) is 24.9. The Balaban J connectivity index is 1.38. The summed E-state index contributed by atoms with van der Waals surface area (Å²) in [5, 5.41) is 3.31. The molecule has 0 amide bonds. The number of fused-ring (bicyclic) bond motifs is 7. The number of hydrogen-bond donors (Lipinski definition) is 1. The Hall–Kier alpha value is -3.78. The highest BCUT2D eigenvalue weighted by atomic mass is 16.5. The van der Waals surface area contributed by atoms with Gasteiger partial charge in [-0.05, 0) is 75.2 Å². The highest BCUT2D eigenvalue weighted by Crippen LogP contribution is 2.34. The van der Waals surface area contributed by atoms with E-state index in [1.165, 1.54) is 12.8 Å². The zero-order chi connectivity index (χ0) is 25.3. The quantitative estimate of drug-likeness (QED) is 0.460. The molecule has 0 saturated carbocycles. The monoisotopic (exact) mass is 502 g/mol. The first-order valence-electron chi connectivity index (χ1n) is 13.0. The summed E-state index contributed by atoms with van der Waals surface area (Å²) >= 11 is 0. The van der Waals surface area contributed by atoms with E-state index in [1.807, 2.05) is 42.5 Å². The van der Waals surface area contributed by atoms with Crippen LogP contribution in [0, 0.1) is 0 Å². The Labute approximate surface area is 218 Å². The molecule has 3 aromatic rings. The fourth-order valence-corrected chi connectivity index (χ4v) is 4.48. The molecule has 1 fully saturated rings. The molecule has 0 unspecified atom stereocenters. The predicted octanol–water partition coefficient (Wildman–Crippen LogP) is 5.48. The molecule has 37 heavy (non-hydrogen) atoms. The van der Waals surface area contributed by atoms with Gasteiger partial charge in [0.2, 0.25) is 5.95 Å². The SMILES string of the molecule is COc1ccc2cc1OCC/C=C\CCOc1cc(ccc1OCCN1CCCC1)Nc1nccc-2n1. The second-order valence-corrected chi connectivity index (χ2v) is 9.06. The van der Waals surface area contributed by atoms with Crippen molar-refractivity contribution < 1.29 is 18.9 Å². The molecule has 0 atom stereocenters. The molecular formula is C29H34N4O4. The number of ether oxygens (including phenoxy) is 4. The van der Waals surface area contributed by atoms with Crippen LogP contribution in [0.15, 0.2) is 60.8 Å². The molecule has 0 spiro atoms. The van der Waals surface area contributed by atoms with Gasteiger partial charge < -0.3 is 24.3 Å². The highest BCUT2D eigenvalue weighted by Gasteiger charge is 2.14. The molecule has 1 aromatic heterocycles. The van der Waals surface area contributed by atoms with Gasteiger partial charge in [0.05, 0.1) is 26.0 Å². The molecule has 5 rings (SSSR count). The molecule has 194 valence electrons. The van der Waals surface area contributed by atoms with Gasteiger partial charge in [-0.3, -0.25) is 4.90 Å². The summed E-state index contributed by atoms with van der Waals surface area (Å²) in [6.07, 6.45) is 10.1. The molecule has 3 heterocycles. The average Bonchev–Trinajstić information content (AvgIpc) is 3.44. The van der Waals surface area contributed by atoms with E-state index in [0.29, 0.717) is 43.0 Å². The third-order valence-electron chi connectivity index (χ3n) is 6.43. The zero-order valence-electron chi connectivity index (χ0n) is 21.3. The van der Waals surface area contributed by atoms with E-state index in [9.17, 15) is 0 Å². The number of rotatable bonds is 5. The van der Waals surface area contributed by atoms with Crippen LogP contribution in [0.5, 0.6) is 23.0 Å². The highest BCUT2D eigenvalue weighted by molar-refractivity contribution is 5.66. The van der Waals surface area contributed by atoms with Gasteiger partial charge >= 0.3 is 0 Å². The summed E-state index contributed by atoms with van der Waals surface area (Å²) in [6, 6.07) is 13.6. The summed E-state index contributed by atoms with van der Waals surface area (Å²) in [5.41, 5.74) is 2.53. The molecule has 6 bridgehead atoms. The van der Waals surface area contributed by atoms with E-state index in [2.05, 4.69) is 27.4 Å². The maximum Gasteiger partial charge on any atom is 0.227 e. The minimum atomic E-state index is 0.494. The predicted molar refractivity (Wildman–Crippen MR) is 144 cm³/mol. The van der Waals surface area contributed by atoms with Crippen LogP contribution in [0.3, 0.4) is 0 Å². The molecule has 0 aliphatic carbocycles. The molecule has 8 heteroatoms. The van der Waals surface area contributed by atoms with Crippen LogP contribution in [0.2, 0.25) is 0 Å². The van der Waals surface area contributed by atoms with E-state index in [-0.39, 0.29) is 0 Å². The van der Waals surface area contributed by atoms with Gasteiger partial charge in [0, 0.05) is 30.1 Å². The number of methoxy groups -OCH3 is 1. The van der Waals surface area contributed by atoms with Crippen molar-refractivity contribution in [3.8, 4) is 34.3 Å². The minimum absolute atomic E-state index is 0.494. The Morgan fingerprint density at radius 3 is 2.46 bits per heavy atom. The van der Waals surface area contributed by atoms with Crippen LogP contribution < -0.4 is 24.3 Å². The van der Waals surface area contributed by atoms with E-state index in [4.69, 9.17) is 23.9 Å². The Kier molecular flexibility index (Phi) is 8.38. The summed E-state index contributed by atoms with van der Waals surface area (Å²) in [4.78, 5) is 11.6. The van der Waals surface area contributed by atoms with Crippen LogP contribution >= 0.6 is 0 Å². The maximum atomic E-state index is 6.15. The molecule has 0 radical (unpaired) electrons. The van der Waals surface area contributed by atoms with Gasteiger partial charge in [-0.25, -0.2) is 9.97 Å². The van der Waals surface area contributed by atoms with Crippen molar-refractivity contribution in [3.05, 3.63) is 60.8 Å². The second-order valence-electron chi connectivity index (χ2n) is 9.06. The van der Waals surface area contributed by atoms with Gasteiger partial charge in [-0.2, -0.15) is 0 Å². The number of hydrogen-bond acceptors (Lipinski definition) is 8. The van der Waals surface area contributed by atoms with Gasteiger partial charge in [0.15, 0.2) is 23.0 Å². The standard InChI is InChI=1S/C29H34N4O4/c1-34-25-10-8-22-20-27(25)35-17-6-2-3-7-18-36-28-21-23(31-29-30-13-12-24(22)32-29)9-11-26(28)37-19-16-33-14-4-5-15-33/h2-3,8-13,20-21H,4-7,14-19H2,1H3,(H,30,31,32)/b3-2-. The molecular weight excluding hydrogens is 468 g/mol. The van der Waals surface area contributed by atoms with Crippen molar-refractivity contribution >= 4 is 11.6 Å². The molecule has 2 aliphatic rings. The summed E-state index contributed by atoms with van der Waals surface area (Å²) in [6.45, 7) is 4.97. The summed E-state index contributed by atoms with van der Waals surface area (Å²) in [7, 11) is 1.64. The summed E-state index contributed by atoms with van der Waals surface area (Å²) < 4.78 is 23.8. The van der Waals surface area contributed by atoms with Crippen molar-refractivity contribution in [1.82, 2.24) is 14.9 Å². The third kappa shape index (κ3) is 6.71. The van der Waals surface area contributed by atoms with Gasteiger partial charge in [0.1, 0.15) is 6.61 Å². The molecule has 2 aromatic carbocycles. The van der Waals surface area contributed by atoms with Crippen LogP contribution in [0.4, 0.5) is 11.6 Å². The zero-order valence-corrected chi connectivity index (χ0v) is 21.3. The topological polar surface area (TPSA) is 78.0 Å². The summed E-state index contributed by atoms with van der Waals surface area (Å²) in [5.74, 6) is 3.33. The van der Waals surface area contributed by atoms with E-state index < -0.39 is 0 Å². The Morgan fingerprint density at radius 1 is 0.919 bits per heavy atom. The van der Waals surface area contributed by atoms with E-state index in [0.717, 1.165) is 55.2 Å². The van der Waals surface area contributed by atoms with Crippen LogP contribution in [-0.4, -0.2) is 61.4 Å². The second kappa shape index (κ2) is 12.5. The molecule has 1 saturated heterocycles. The molecule has 8 nitrogen and oxygen atoms in total. The fraction of sp³-hybridized carbons (Fsp3) is 0.379. The number of nitrogens with one attached hydrogen (secondary N) is 1. The fourth-order valence-electron chi connectivity index (χ4n) is 4.48. The number of aromatic nitrogens is 2. The first-order chi connectivity index (χ1) is 18.3. The third-order valence-corrected chi connectivity index (χ3v) is 6.43. The van der Waals surface area contributed by atoms with Crippen molar-refractivity contribution in [2.75, 3.05) is 51.9 Å². The van der Waals surface area contributed by atoms with Crippen LogP contribution in [0.1, 0.15) is 25.7 Å². The number of likely N-dealkylation sites (tertiary alicyclic amines) is 1. The molecule has 2 aliphatic heterocycles. The lowest BCUT2D eigenvalue weighted by Crippen LogP contribution is -2.25. The lowest BCUT2D eigenvalue weighted by Gasteiger charge is -2.17. The normalized spacial score (nSPS) is 16.9. The van der Waals surface area contributed by atoms with Gasteiger partial charge in [-0.1, -0.05) is 12.2 Å². The van der Waals surface area contributed by atoms with Crippen LogP contribution in [-0.2, 0) is 0 Å². The Bertz CT molecular complexity index is 1210. The van der Waals surface area contributed by atoms with E-state index >= 15 is 0 Å². The lowest BCUT2D eigenvalue weighted by atomic mass is 10.1. The van der Waals surface area contributed by atoms with E-state index in [1.54, 1.807) is 13.3 Å². The minimum Gasteiger partial charge on any atom is -0.493 e. The lowest BCUT2D eigenvalue weighted by molar-refractivity contribution is 0.225. The van der Waals surface area contributed by atoms with Crippen LogP contribution in [0.25, 0.3) is 11.3 Å².